The average Bonchev–Trinajstić information content (AvgIpc) is 4.34. The molecule has 3 aliphatic carbocycles. The van der Waals surface area contributed by atoms with Crippen LogP contribution in [0, 0.1) is 84.1 Å². The number of aliphatic carboxylic acids is 1. The first-order valence-electron chi connectivity index (χ1n) is 27.6. The second-order valence-corrected chi connectivity index (χ2v) is 24.2. The zero-order chi connectivity index (χ0) is 56.2. The van der Waals surface area contributed by atoms with Crippen LogP contribution in [-0.4, -0.2) is 119 Å². The number of carbonyl (C=O) groups excluding carboxylic acids is 6. The van der Waals surface area contributed by atoms with Crippen molar-refractivity contribution >= 4 is 41.6 Å². The van der Waals surface area contributed by atoms with Gasteiger partial charge in [0.2, 0.25) is 24.3 Å². The molecule has 12 rings (SSSR count). The molecule has 416 valence electrons. The molecule has 9 aliphatic rings. The third-order valence-corrected chi connectivity index (χ3v) is 20.3. The summed E-state index contributed by atoms with van der Waals surface area (Å²) in [4.78, 5) is 105. The zero-order valence-electron chi connectivity index (χ0n) is 46.1. The second kappa shape index (κ2) is 19.9. The topological polar surface area (TPSA) is 246 Å². The number of hydrogen-bond donors (Lipinski definition) is 2. The Balaban J connectivity index is 0.000000132. The number of amides is 3. The Kier molecular flexibility index (Phi) is 13.9. The summed E-state index contributed by atoms with van der Waals surface area (Å²) >= 11 is 0. The van der Waals surface area contributed by atoms with Crippen LogP contribution in [0.2, 0.25) is 0 Å². The molecule has 18 nitrogen and oxygen atoms in total. The maximum atomic E-state index is 13.0. The lowest BCUT2D eigenvalue weighted by Crippen LogP contribution is -2.58. The number of nitrogens with two attached hydrogens (primary N) is 1. The SMILES string of the molecule is COC(=O)[C@@H]1Cc2cc(C)ccc2[C@@]23C[C@H](C)[C@@H](C(=O)O)[C@@H]2CC(=O)N13.COC(=O)[C@@H]1Cc2cc(C)ccc2[C@@]23C[C@H](C)[C@@H](CN)[C@@H]2CC(=O)N13.COC(=O)[C@@H]1Cc2cc(C)ccc2[C@@]23C[C@H](C)[C@@H](C[N+](=O)[O-])[C@@H]2CC(=O)N13. The molecule has 0 aromatic heterocycles. The van der Waals surface area contributed by atoms with Crippen molar-refractivity contribution in [1.29, 1.82) is 0 Å². The molecule has 3 aromatic rings. The monoisotopic (exact) mass is 1070 g/mol. The Morgan fingerprint density at radius 3 is 1.26 bits per heavy atom. The Labute approximate surface area is 454 Å². The number of benzene rings is 3. The predicted octanol–water partition coefficient (Wildman–Crippen LogP) is 5.70. The van der Waals surface area contributed by atoms with Gasteiger partial charge in [0.05, 0.1) is 43.9 Å². The zero-order valence-corrected chi connectivity index (χ0v) is 46.1. The molecule has 3 N–H and O–H groups in total. The fraction of sp³-hybridized carbons (Fsp3) is 0.583. The molecule has 6 heterocycles. The lowest BCUT2D eigenvalue weighted by Gasteiger charge is -2.48. The molecular weight excluding hydrogens is 999 g/mol. The van der Waals surface area contributed by atoms with Crippen LogP contribution < -0.4 is 5.73 Å². The number of carbonyl (C=O) groups is 7. The summed E-state index contributed by atoms with van der Waals surface area (Å²) in [6.45, 7) is 12.7. The van der Waals surface area contributed by atoms with Gasteiger partial charge >= 0.3 is 23.9 Å². The molecule has 18 heteroatoms. The minimum atomic E-state index is -0.858. The van der Waals surface area contributed by atoms with Crippen molar-refractivity contribution in [2.45, 2.75) is 134 Å². The van der Waals surface area contributed by atoms with Gasteiger partial charge in [-0.3, -0.25) is 29.3 Å². The van der Waals surface area contributed by atoms with E-state index in [-0.39, 0.29) is 83.5 Å². The summed E-state index contributed by atoms with van der Waals surface area (Å²) < 4.78 is 15.1. The molecule has 15 atom stereocenters. The fourth-order valence-electron chi connectivity index (χ4n) is 17.6. The first kappa shape index (κ1) is 54.7. The van der Waals surface area contributed by atoms with Gasteiger partial charge in [-0.15, -0.1) is 0 Å². The van der Waals surface area contributed by atoms with E-state index in [1.807, 2.05) is 50.8 Å². The number of hydrogen-bond acceptors (Lipinski definition) is 13. The number of nitrogens with zero attached hydrogens (tertiary/aromatic N) is 4. The van der Waals surface area contributed by atoms with E-state index in [2.05, 4.69) is 50.2 Å². The molecule has 6 aliphatic heterocycles. The standard InChI is InChI=1S/C20H24N2O5.C20H26N2O3.C20H23NO5/c1-11-4-5-15-13(6-11)7-17(19(24)27-3)22-18(23)8-16-14(10-21(25)26)12(2)9-20(15,16)22;1-11-4-5-15-13(6-11)7-17(19(24)25-3)22-18(23)8-16-14(10-21)12(2)9-20(15,16)22;1-10-4-5-13-12(6-10)7-15(19(25)26-3)21-16(22)8-14-17(18(23)24)11(2)9-20(13,14)21/h4-6,12,14,16-17H,7-10H2,1-3H3;4-6,12,14,16-17H,7-10,21H2,1-3H3;4-6,11,14-15,17H,7-9H2,1-3H3,(H,23,24)/t2*12-,14+,16-,17-,20-;11-,14-,15-,17+,20-/m000/s1. The summed E-state index contributed by atoms with van der Waals surface area (Å²) in [5.74, 6) is -2.51. The van der Waals surface area contributed by atoms with Crippen molar-refractivity contribution in [3.05, 3.63) is 115 Å². The molecule has 0 bridgehead atoms. The number of nitro groups is 1. The smallest absolute Gasteiger partial charge is 0.328 e. The number of aryl methyl sites for hydroxylation is 3. The van der Waals surface area contributed by atoms with E-state index < -0.39 is 58.6 Å². The van der Waals surface area contributed by atoms with Crippen molar-refractivity contribution in [1.82, 2.24) is 14.7 Å². The highest BCUT2D eigenvalue weighted by atomic mass is 16.6. The van der Waals surface area contributed by atoms with Gasteiger partial charge in [0, 0.05) is 61.2 Å². The summed E-state index contributed by atoms with van der Waals surface area (Å²) in [5.41, 5.74) is 14.2. The van der Waals surface area contributed by atoms with E-state index in [4.69, 9.17) is 19.9 Å². The molecule has 3 spiro atoms. The molecule has 3 aromatic carbocycles. The minimum absolute atomic E-state index is 0.0666. The Morgan fingerprint density at radius 1 is 0.577 bits per heavy atom. The number of rotatable bonds is 7. The highest BCUT2D eigenvalue weighted by molar-refractivity contribution is 5.92. The molecule has 6 fully saturated rings. The number of fused-ring (bicyclic) bond motifs is 3. The van der Waals surface area contributed by atoms with E-state index in [0.717, 1.165) is 39.8 Å². The van der Waals surface area contributed by atoms with E-state index >= 15 is 0 Å². The van der Waals surface area contributed by atoms with Gasteiger partial charge in [-0.05, 0) is 110 Å². The van der Waals surface area contributed by atoms with Crippen LogP contribution in [0.4, 0.5) is 0 Å². The molecule has 0 radical (unpaired) electrons. The van der Waals surface area contributed by atoms with Gasteiger partial charge in [0.25, 0.3) is 0 Å². The molecule has 3 saturated carbocycles. The normalized spacial score (nSPS) is 34.9. The van der Waals surface area contributed by atoms with Crippen molar-refractivity contribution < 1.29 is 57.8 Å². The van der Waals surface area contributed by atoms with Crippen molar-refractivity contribution in [3.8, 4) is 0 Å². The van der Waals surface area contributed by atoms with Crippen molar-refractivity contribution in [2.75, 3.05) is 34.4 Å². The number of carboxylic acid groups (broad SMARTS) is 1. The number of carboxylic acids is 1. The average molecular weight is 1070 g/mol. The van der Waals surface area contributed by atoms with E-state index in [0.29, 0.717) is 56.9 Å². The highest BCUT2D eigenvalue weighted by Gasteiger charge is 2.70. The maximum absolute atomic E-state index is 13.0. The first-order valence-corrected chi connectivity index (χ1v) is 27.6. The van der Waals surface area contributed by atoms with Crippen LogP contribution in [-0.2, 0) is 83.7 Å². The molecule has 0 unspecified atom stereocenters. The summed E-state index contributed by atoms with van der Waals surface area (Å²) in [6.07, 6.45) is 4.35. The van der Waals surface area contributed by atoms with Crippen molar-refractivity contribution in [3.63, 3.8) is 0 Å². The molecule has 3 amide bonds. The maximum Gasteiger partial charge on any atom is 0.328 e. The fourth-order valence-corrected chi connectivity index (χ4v) is 17.6. The number of methoxy groups -OCH3 is 3. The Hall–Kier alpha value is -6.69. The summed E-state index contributed by atoms with van der Waals surface area (Å²) in [7, 11) is 4.07. The van der Waals surface area contributed by atoms with Crippen LogP contribution in [0.25, 0.3) is 0 Å². The van der Waals surface area contributed by atoms with E-state index in [1.165, 1.54) is 38.0 Å². The number of ether oxygens (including phenoxy) is 3. The highest BCUT2D eigenvalue weighted by Crippen LogP contribution is 2.65. The van der Waals surface area contributed by atoms with E-state index in [1.54, 1.807) is 9.80 Å². The van der Waals surface area contributed by atoms with Crippen molar-refractivity contribution in [2.24, 2.45) is 59.0 Å². The molecule has 3 saturated heterocycles. The Morgan fingerprint density at radius 2 is 0.910 bits per heavy atom. The largest absolute Gasteiger partial charge is 0.481 e. The molecular formula is C60H73N5O13. The van der Waals surface area contributed by atoms with Crippen LogP contribution in [0.3, 0.4) is 0 Å². The van der Waals surface area contributed by atoms with E-state index in [9.17, 15) is 48.8 Å². The quantitative estimate of drug-likeness (QED) is 0.125. The number of esters is 3. The van der Waals surface area contributed by atoms with Crippen LogP contribution in [0.1, 0.15) is 109 Å². The Bertz CT molecular complexity index is 3030. The van der Waals surface area contributed by atoms with Gasteiger partial charge in [0.15, 0.2) is 0 Å². The first-order chi connectivity index (χ1) is 37.0. The van der Waals surface area contributed by atoms with Gasteiger partial charge in [-0.1, -0.05) is 92.1 Å². The van der Waals surface area contributed by atoms with Gasteiger partial charge < -0.3 is 39.8 Å². The predicted molar refractivity (Wildman–Crippen MR) is 282 cm³/mol. The van der Waals surface area contributed by atoms with Crippen LogP contribution in [0.5, 0.6) is 0 Å². The summed E-state index contributed by atoms with van der Waals surface area (Å²) in [6, 6.07) is 16.8. The van der Waals surface area contributed by atoms with Gasteiger partial charge in [-0.2, -0.15) is 0 Å². The third kappa shape index (κ3) is 7.98. The summed E-state index contributed by atoms with van der Waals surface area (Å²) in [5, 5.41) is 21.1. The van der Waals surface area contributed by atoms with Gasteiger partial charge in [-0.25, -0.2) is 14.4 Å². The lowest BCUT2D eigenvalue weighted by molar-refractivity contribution is -0.491. The third-order valence-electron chi connectivity index (χ3n) is 20.3. The lowest BCUT2D eigenvalue weighted by atomic mass is 9.72. The minimum Gasteiger partial charge on any atom is -0.481 e. The van der Waals surface area contributed by atoms with Crippen LogP contribution in [0.15, 0.2) is 54.6 Å². The van der Waals surface area contributed by atoms with Crippen LogP contribution >= 0.6 is 0 Å². The molecule has 78 heavy (non-hydrogen) atoms. The second-order valence-electron chi connectivity index (χ2n) is 24.2. The van der Waals surface area contributed by atoms with Gasteiger partial charge in [0.1, 0.15) is 18.1 Å².